The molecule has 2 aromatic rings. The van der Waals surface area contributed by atoms with E-state index in [2.05, 4.69) is 11.2 Å². The van der Waals surface area contributed by atoms with Crippen LogP contribution in [0.15, 0.2) is 36.5 Å². The summed E-state index contributed by atoms with van der Waals surface area (Å²) in [4.78, 5) is 12.4. The highest BCUT2D eigenvalue weighted by molar-refractivity contribution is 6.00. The molecule has 0 saturated heterocycles. The molecule has 1 aliphatic rings. The molecule has 92 valence electrons. The lowest BCUT2D eigenvalue weighted by atomic mass is 9.80. The van der Waals surface area contributed by atoms with E-state index in [4.69, 9.17) is 0 Å². The topological polar surface area (TPSA) is 34.9 Å². The molecule has 1 aromatic heterocycles. The van der Waals surface area contributed by atoms with Crippen molar-refractivity contribution in [3.63, 3.8) is 0 Å². The van der Waals surface area contributed by atoms with Crippen molar-refractivity contribution in [2.75, 3.05) is 0 Å². The molecular weight excluding hydrogens is 224 g/mol. The fraction of sp³-hybridized carbons (Fsp3) is 0.333. The van der Waals surface area contributed by atoms with Crippen molar-refractivity contribution >= 4 is 5.78 Å². The van der Waals surface area contributed by atoms with E-state index in [-0.39, 0.29) is 11.7 Å². The molecule has 1 unspecified atom stereocenters. The van der Waals surface area contributed by atoms with Gasteiger partial charge in [-0.15, -0.1) is 0 Å². The SMILES string of the molecule is Cn1ccc(CC2CCc3ccccc3C2=O)n1. The van der Waals surface area contributed by atoms with Crippen LogP contribution in [0, 0.1) is 5.92 Å². The van der Waals surface area contributed by atoms with Gasteiger partial charge in [-0.2, -0.15) is 5.10 Å². The molecule has 1 aliphatic carbocycles. The van der Waals surface area contributed by atoms with Crippen LogP contribution >= 0.6 is 0 Å². The fourth-order valence-corrected chi connectivity index (χ4v) is 2.68. The summed E-state index contributed by atoms with van der Waals surface area (Å²) < 4.78 is 1.79. The first-order valence-corrected chi connectivity index (χ1v) is 6.34. The lowest BCUT2D eigenvalue weighted by molar-refractivity contribution is 0.0900. The number of ketones is 1. The predicted molar refractivity (Wildman–Crippen MR) is 69.5 cm³/mol. The van der Waals surface area contributed by atoms with E-state index in [1.807, 2.05) is 37.5 Å². The Bertz CT molecular complexity index is 586. The molecule has 1 aromatic carbocycles. The maximum atomic E-state index is 12.4. The van der Waals surface area contributed by atoms with Crippen molar-refractivity contribution in [2.24, 2.45) is 13.0 Å². The lowest BCUT2D eigenvalue weighted by Gasteiger charge is -2.22. The number of Topliss-reactive ketones (excluding diaryl/α,β-unsaturated/α-hetero) is 1. The van der Waals surface area contributed by atoms with Crippen LogP contribution in [-0.2, 0) is 19.9 Å². The fourth-order valence-electron chi connectivity index (χ4n) is 2.68. The molecule has 3 nitrogen and oxygen atoms in total. The first-order chi connectivity index (χ1) is 8.74. The summed E-state index contributed by atoms with van der Waals surface area (Å²) in [6.45, 7) is 0. The summed E-state index contributed by atoms with van der Waals surface area (Å²) in [6, 6.07) is 9.95. The number of hydrogen-bond acceptors (Lipinski definition) is 2. The standard InChI is InChI=1S/C15H16N2O/c1-17-9-8-13(16-17)10-12-7-6-11-4-2-3-5-14(11)15(12)18/h2-5,8-9,12H,6-7,10H2,1H3. The van der Waals surface area contributed by atoms with E-state index < -0.39 is 0 Å². The molecule has 0 fully saturated rings. The number of fused-ring (bicyclic) bond motifs is 1. The van der Waals surface area contributed by atoms with Crippen LogP contribution in [0.2, 0.25) is 0 Å². The molecular formula is C15H16N2O. The maximum Gasteiger partial charge on any atom is 0.166 e. The number of hydrogen-bond donors (Lipinski definition) is 0. The second-order valence-electron chi connectivity index (χ2n) is 4.94. The Morgan fingerprint density at radius 1 is 1.33 bits per heavy atom. The summed E-state index contributed by atoms with van der Waals surface area (Å²) in [6.07, 6.45) is 4.62. The van der Waals surface area contributed by atoms with Gasteiger partial charge in [-0.3, -0.25) is 9.48 Å². The van der Waals surface area contributed by atoms with Gasteiger partial charge in [0.05, 0.1) is 5.69 Å². The molecule has 0 amide bonds. The molecule has 18 heavy (non-hydrogen) atoms. The van der Waals surface area contributed by atoms with Crippen LogP contribution in [0.5, 0.6) is 0 Å². The Morgan fingerprint density at radius 2 is 2.17 bits per heavy atom. The third-order valence-electron chi connectivity index (χ3n) is 3.64. The van der Waals surface area contributed by atoms with Gasteiger partial charge >= 0.3 is 0 Å². The molecule has 3 rings (SSSR count). The summed E-state index contributed by atoms with van der Waals surface area (Å²) in [5.41, 5.74) is 3.11. The number of benzene rings is 1. The Hall–Kier alpha value is -1.90. The minimum atomic E-state index is 0.0924. The van der Waals surface area contributed by atoms with Gasteiger partial charge in [-0.25, -0.2) is 0 Å². The maximum absolute atomic E-state index is 12.4. The summed E-state index contributed by atoms with van der Waals surface area (Å²) in [5, 5.41) is 4.36. The number of carbonyl (C=O) groups excluding carboxylic acids is 1. The first-order valence-electron chi connectivity index (χ1n) is 6.34. The number of aromatic nitrogens is 2. The van der Waals surface area contributed by atoms with Crippen LogP contribution in [0.3, 0.4) is 0 Å². The molecule has 0 radical (unpaired) electrons. The lowest BCUT2D eigenvalue weighted by Crippen LogP contribution is -2.24. The van der Waals surface area contributed by atoms with Gasteiger partial charge in [0.15, 0.2) is 5.78 Å². The van der Waals surface area contributed by atoms with Gasteiger partial charge in [0.2, 0.25) is 0 Å². The first kappa shape index (κ1) is 11.2. The van der Waals surface area contributed by atoms with Crippen LogP contribution in [-0.4, -0.2) is 15.6 Å². The Kier molecular flexibility index (Phi) is 2.74. The molecule has 0 N–H and O–H groups in total. The van der Waals surface area contributed by atoms with Crippen molar-refractivity contribution in [1.29, 1.82) is 0 Å². The summed E-state index contributed by atoms with van der Waals surface area (Å²) in [7, 11) is 1.90. The van der Waals surface area contributed by atoms with Gasteiger partial charge in [0.25, 0.3) is 0 Å². The second-order valence-corrected chi connectivity index (χ2v) is 4.94. The quantitative estimate of drug-likeness (QED) is 0.808. The predicted octanol–water partition coefficient (Wildman–Crippen LogP) is 2.41. The highest BCUT2D eigenvalue weighted by Crippen LogP contribution is 2.27. The monoisotopic (exact) mass is 240 g/mol. The largest absolute Gasteiger partial charge is 0.294 e. The van der Waals surface area contributed by atoms with E-state index in [9.17, 15) is 4.79 Å². The minimum Gasteiger partial charge on any atom is -0.294 e. The highest BCUT2D eigenvalue weighted by atomic mass is 16.1. The third kappa shape index (κ3) is 1.96. The van der Waals surface area contributed by atoms with Crippen molar-refractivity contribution in [1.82, 2.24) is 9.78 Å². The zero-order chi connectivity index (χ0) is 12.5. The molecule has 0 saturated carbocycles. The van der Waals surface area contributed by atoms with Crippen LogP contribution in [0.1, 0.15) is 28.0 Å². The third-order valence-corrected chi connectivity index (χ3v) is 3.64. The van der Waals surface area contributed by atoms with Gasteiger partial charge < -0.3 is 0 Å². The Labute approximate surface area is 106 Å². The van der Waals surface area contributed by atoms with E-state index in [0.717, 1.165) is 30.5 Å². The number of carbonyl (C=O) groups is 1. The second kappa shape index (κ2) is 4.41. The van der Waals surface area contributed by atoms with Crippen molar-refractivity contribution < 1.29 is 4.79 Å². The van der Waals surface area contributed by atoms with Gasteiger partial charge in [-0.05, 0) is 24.5 Å². The normalized spacial score (nSPS) is 18.7. The van der Waals surface area contributed by atoms with E-state index in [0.29, 0.717) is 0 Å². The summed E-state index contributed by atoms with van der Waals surface area (Å²) >= 11 is 0. The average molecular weight is 240 g/mol. The van der Waals surface area contributed by atoms with Crippen LogP contribution in [0.25, 0.3) is 0 Å². The summed E-state index contributed by atoms with van der Waals surface area (Å²) in [5.74, 6) is 0.373. The molecule has 1 heterocycles. The minimum absolute atomic E-state index is 0.0924. The van der Waals surface area contributed by atoms with E-state index >= 15 is 0 Å². The zero-order valence-corrected chi connectivity index (χ0v) is 10.5. The average Bonchev–Trinajstić information content (AvgIpc) is 2.79. The molecule has 0 bridgehead atoms. The number of nitrogens with zero attached hydrogens (tertiary/aromatic N) is 2. The smallest absolute Gasteiger partial charge is 0.166 e. The number of aryl methyl sites for hydroxylation is 2. The van der Waals surface area contributed by atoms with Gasteiger partial charge in [0, 0.05) is 31.1 Å². The van der Waals surface area contributed by atoms with Crippen molar-refractivity contribution in [2.45, 2.75) is 19.3 Å². The van der Waals surface area contributed by atoms with Crippen LogP contribution < -0.4 is 0 Å². The molecule has 3 heteroatoms. The van der Waals surface area contributed by atoms with Crippen molar-refractivity contribution in [3.8, 4) is 0 Å². The Balaban J connectivity index is 1.82. The molecule has 0 spiro atoms. The molecule has 0 aliphatic heterocycles. The van der Waals surface area contributed by atoms with Crippen molar-refractivity contribution in [3.05, 3.63) is 53.3 Å². The number of rotatable bonds is 2. The molecule has 1 atom stereocenters. The van der Waals surface area contributed by atoms with Crippen LogP contribution in [0.4, 0.5) is 0 Å². The Morgan fingerprint density at radius 3 is 2.94 bits per heavy atom. The zero-order valence-electron chi connectivity index (χ0n) is 10.5. The highest BCUT2D eigenvalue weighted by Gasteiger charge is 2.27. The van der Waals surface area contributed by atoms with Gasteiger partial charge in [0.1, 0.15) is 0 Å². The van der Waals surface area contributed by atoms with E-state index in [1.54, 1.807) is 4.68 Å². The van der Waals surface area contributed by atoms with E-state index in [1.165, 1.54) is 5.56 Å². The van der Waals surface area contributed by atoms with Gasteiger partial charge in [-0.1, -0.05) is 24.3 Å².